The van der Waals surface area contributed by atoms with Crippen molar-refractivity contribution in [2.45, 2.75) is 62.7 Å². The predicted molar refractivity (Wildman–Crippen MR) is 118 cm³/mol. The molecule has 1 aromatic rings. The average Bonchev–Trinajstić information content (AvgIpc) is 2.95. The van der Waals surface area contributed by atoms with Crippen LogP contribution in [-0.2, 0) is 16.6 Å². The molecule has 144 valence electrons. The number of benzene rings is 1. The fraction of sp³-hybridized carbons (Fsp3) is 0.520. The number of hydrogen-bond acceptors (Lipinski definition) is 1. The van der Waals surface area contributed by atoms with Crippen molar-refractivity contribution in [3.8, 4) is 0 Å². The van der Waals surface area contributed by atoms with Crippen LogP contribution >= 0.6 is 7.26 Å². The van der Waals surface area contributed by atoms with Gasteiger partial charge in [-0.1, -0.05) is 0 Å². The molecule has 2 spiro atoms. The molecule has 1 nitrogen and oxygen atoms in total. The van der Waals surface area contributed by atoms with Crippen molar-refractivity contribution in [2.24, 2.45) is 5.92 Å². The van der Waals surface area contributed by atoms with Gasteiger partial charge < -0.3 is 0 Å². The summed E-state index contributed by atoms with van der Waals surface area (Å²) in [6, 6.07) is 6.99. The molecule has 0 amide bonds. The molecule has 0 aromatic heterocycles. The molecule has 2 aliphatic heterocycles. The molecule has 0 bridgehead atoms. The number of ether oxygens (including phenoxy) is 1. The molecule has 3 fully saturated rings. The molecule has 2 saturated heterocycles. The van der Waals surface area contributed by atoms with Crippen molar-refractivity contribution < 1.29 is 4.74 Å². The number of aryl methyl sites for hydroxylation is 1. The molecule has 0 radical (unpaired) electrons. The summed E-state index contributed by atoms with van der Waals surface area (Å²) in [6.07, 6.45) is 10.6. The molecular formula is C25H33OP. The molecule has 4 aliphatic rings. The average molecular weight is 381 g/mol. The van der Waals surface area contributed by atoms with E-state index in [2.05, 4.69) is 64.3 Å². The van der Waals surface area contributed by atoms with Gasteiger partial charge in [-0.05, 0) is 0 Å². The first-order valence-corrected chi connectivity index (χ1v) is 13.0. The number of rotatable bonds is 4. The molecule has 1 aromatic carbocycles. The second-order valence-electron chi connectivity index (χ2n) is 9.46. The van der Waals surface area contributed by atoms with Gasteiger partial charge in [-0.3, -0.25) is 0 Å². The molecule has 5 rings (SSSR count). The molecular weight excluding hydrogens is 347 g/mol. The van der Waals surface area contributed by atoms with E-state index in [1.807, 2.05) is 0 Å². The van der Waals surface area contributed by atoms with Crippen molar-refractivity contribution in [1.29, 1.82) is 0 Å². The molecule has 4 atom stereocenters. The van der Waals surface area contributed by atoms with Crippen LogP contribution in [0.3, 0.4) is 0 Å². The fourth-order valence-corrected chi connectivity index (χ4v) is 15.9. The van der Waals surface area contributed by atoms with Crippen LogP contribution in [-0.4, -0.2) is 23.6 Å². The topological polar surface area (TPSA) is 9.23 Å². The van der Waals surface area contributed by atoms with Gasteiger partial charge in [0.15, 0.2) is 0 Å². The number of hydrogen-bond donors (Lipinski definition) is 0. The third-order valence-corrected chi connectivity index (χ3v) is 15.7. The van der Waals surface area contributed by atoms with Gasteiger partial charge >= 0.3 is 165 Å². The van der Waals surface area contributed by atoms with E-state index >= 15 is 0 Å². The van der Waals surface area contributed by atoms with E-state index in [0.29, 0.717) is 23.1 Å². The second kappa shape index (κ2) is 5.60. The van der Waals surface area contributed by atoms with E-state index in [9.17, 15) is 0 Å². The summed E-state index contributed by atoms with van der Waals surface area (Å²) in [5.74, 6) is 0.644. The Kier molecular flexibility index (Phi) is 3.68. The Morgan fingerprint density at radius 1 is 1.37 bits per heavy atom. The third-order valence-electron chi connectivity index (χ3n) is 9.15. The third kappa shape index (κ3) is 1.77. The Hall–Kier alpha value is -1.33. The van der Waals surface area contributed by atoms with Gasteiger partial charge in [0.1, 0.15) is 0 Å². The SMILES string of the molecule is C=C1CCC23C(C)[PH]2(C(=C)OC/C=C/C)CC[C@@]32c3c(C)cccc3C[C@@H]12. The maximum atomic E-state index is 6.27. The Balaban J connectivity index is 1.65. The van der Waals surface area contributed by atoms with Crippen molar-refractivity contribution >= 4 is 7.26 Å². The summed E-state index contributed by atoms with van der Waals surface area (Å²) >= 11 is 0. The van der Waals surface area contributed by atoms with Crippen LogP contribution in [0.2, 0.25) is 0 Å². The van der Waals surface area contributed by atoms with E-state index < -0.39 is 7.26 Å². The van der Waals surface area contributed by atoms with Crippen LogP contribution in [0.4, 0.5) is 0 Å². The molecule has 1 saturated carbocycles. The molecule has 2 unspecified atom stereocenters. The molecule has 2 heteroatoms. The van der Waals surface area contributed by atoms with Crippen LogP contribution in [0.25, 0.3) is 0 Å². The van der Waals surface area contributed by atoms with Crippen molar-refractivity contribution in [1.82, 2.24) is 0 Å². The summed E-state index contributed by atoms with van der Waals surface area (Å²) in [4.78, 5) is 0. The van der Waals surface area contributed by atoms with Gasteiger partial charge in [0.05, 0.1) is 0 Å². The van der Waals surface area contributed by atoms with Crippen molar-refractivity contribution in [3.63, 3.8) is 0 Å². The maximum absolute atomic E-state index is 6.27. The number of fused-ring (bicyclic) bond motifs is 1. The van der Waals surface area contributed by atoms with Gasteiger partial charge in [-0.2, -0.15) is 0 Å². The van der Waals surface area contributed by atoms with Crippen LogP contribution in [0.5, 0.6) is 0 Å². The normalized spacial score (nSPS) is 38.7. The molecule has 27 heavy (non-hydrogen) atoms. The van der Waals surface area contributed by atoms with Crippen molar-refractivity contribution in [2.75, 3.05) is 12.8 Å². The van der Waals surface area contributed by atoms with E-state index in [0.717, 1.165) is 5.66 Å². The van der Waals surface area contributed by atoms with Gasteiger partial charge in [0.25, 0.3) is 0 Å². The van der Waals surface area contributed by atoms with Gasteiger partial charge in [0.2, 0.25) is 0 Å². The monoisotopic (exact) mass is 380 g/mol. The van der Waals surface area contributed by atoms with E-state index in [-0.39, 0.29) is 0 Å². The van der Waals surface area contributed by atoms with Crippen LogP contribution < -0.4 is 0 Å². The molecule has 2 aliphatic carbocycles. The quantitative estimate of drug-likeness (QED) is 0.348. The Morgan fingerprint density at radius 3 is 2.96 bits per heavy atom. The molecule has 2 heterocycles. The standard InChI is InChI=1S/C25H33OP/c1-6-7-14-26-20(5)27-15-13-24-22(16-21-10-8-9-18(3)23(21)24)17(2)11-12-25(24,27)19(27)4/h6-10,19,22,27H,2,5,11-16H2,1,3-4H3/b7-6+/t19?,22-,24+,25?/m0/s1. The molecule has 0 N–H and O–H groups in total. The van der Waals surface area contributed by atoms with Crippen molar-refractivity contribution in [3.05, 3.63) is 71.3 Å². The minimum absolute atomic E-state index is 0.321. The first-order valence-electron chi connectivity index (χ1n) is 10.7. The zero-order valence-corrected chi connectivity index (χ0v) is 18.1. The van der Waals surface area contributed by atoms with E-state index in [1.165, 1.54) is 48.5 Å². The number of allylic oxidation sites excluding steroid dienone is 2. The Bertz CT molecular complexity index is 882. The summed E-state index contributed by atoms with van der Waals surface area (Å²) in [6.45, 7) is 16.8. The van der Waals surface area contributed by atoms with Gasteiger partial charge in [-0.25, -0.2) is 0 Å². The minimum atomic E-state index is -1.67. The zero-order valence-electron chi connectivity index (χ0n) is 17.1. The summed E-state index contributed by atoms with van der Waals surface area (Å²) in [5, 5.41) is 0.455. The Labute approximate surface area is 164 Å². The first kappa shape index (κ1) is 17.7. The summed E-state index contributed by atoms with van der Waals surface area (Å²) in [5.41, 5.74) is 8.63. The Morgan fingerprint density at radius 2 is 2.19 bits per heavy atom. The zero-order chi connectivity index (χ0) is 19.0. The summed E-state index contributed by atoms with van der Waals surface area (Å²) in [7, 11) is -1.67. The predicted octanol–water partition coefficient (Wildman–Crippen LogP) is 6.11. The van der Waals surface area contributed by atoms with Gasteiger partial charge in [0, 0.05) is 0 Å². The van der Waals surface area contributed by atoms with E-state index in [4.69, 9.17) is 4.74 Å². The summed E-state index contributed by atoms with van der Waals surface area (Å²) < 4.78 is 6.27. The van der Waals surface area contributed by atoms with Crippen LogP contribution in [0.1, 0.15) is 49.8 Å². The second-order valence-corrected chi connectivity index (χ2v) is 14.2. The van der Waals surface area contributed by atoms with Crippen LogP contribution in [0, 0.1) is 12.8 Å². The fourth-order valence-electron chi connectivity index (χ4n) is 8.29. The van der Waals surface area contributed by atoms with E-state index in [1.54, 1.807) is 11.1 Å². The first-order chi connectivity index (χ1) is 13.0. The van der Waals surface area contributed by atoms with Crippen LogP contribution in [0.15, 0.2) is 54.6 Å². The van der Waals surface area contributed by atoms with Gasteiger partial charge in [-0.15, -0.1) is 0 Å².